The second kappa shape index (κ2) is 7.28. The Labute approximate surface area is 153 Å². The number of fused-ring (bicyclic) bond motifs is 2. The average Bonchev–Trinajstić information content (AvgIpc) is 3.31. The van der Waals surface area contributed by atoms with Crippen LogP contribution in [0.5, 0.6) is 17.2 Å². The van der Waals surface area contributed by atoms with Crippen molar-refractivity contribution in [1.29, 1.82) is 0 Å². The summed E-state index contributed by atoms with van der Waals surface area (Å²) in [7, 11) is 1.66. The van der Waals surface area contributed by atoms with E-state index >= 15 is 0 Å². The predicted octanol–water partition coefficient (Wildman–Crippen LogP) is 2.47. The standard InChI is InChI=1S/C21H23NO4/c1-24-16-4-2-3-14(11-16)5-8-22-20(23)13-18-17-7-10-25-19(17)12-15-6-9-26-21(15)18/h2-4,11-12H,5-10,13H2,1H3,(H,22,23). The SMILES string of the molecule is COc1cccc(CCNC(=O)Cc2c3c(cc4c2OCC4)OCC3)c1. The molecule has 0 fully saturated rings. The van der Waals surface area contributed by atoms with E-state index in [-0.39, 0.29) is 5.91 Å². The molecule has 2 aromatic rings. The van der Waals surface area contributed by atoms with Crippen molar-refractivity contribution in [2.24, 2.45) is 0 Å². The number of hydrogen-bond donors (Lipinski definition) is 1. The lowest BCUT2D eigenvalue weighted by molar-refractivity contribution is -0.120. The summed E-state index contributed by atoms with van der Waals surface area (Å²) in [6.45, 7) is 1.96. The largest absolute Gasteiger partial charge is 0.497 e. The van der Waals surface area contributed by atoms with E-state index in [1.807, 2.05) is 24.3 Å². The Morgan fingerprint density at radius 2 is 2.08 bits per heavy atom. The number of ether oxygens (including phenoxy) is 3. The lowest BCUT2D eigenvalue weighted by Gasteiger charge is -2.13. The summed E-state index contributed by atoms with van der Waals surface area (Å²) in [5.74, 6) is 2.68. The van der Waals surface area contributed by atoms with Crippen LogP contribution in [0.25, 0.3) is 0 Å². The number of benzene rings is 2. The first kappa shape index (κ1) is 16.8. The minimum Gasteiger partial charge on any atom is -0.497 e. The number of rotatable bonds is 6. The first-order valence-corrected chi connectivity index (χ1v) is 9.07. The summed E-state index contributed by atoms with van der Waals surface area (Å²) in [4.78, 5) is 12.5. The van der Waals surface area contributed by atoms with Crippen molar-refractivity contribution < 1.29 is 19.0 Å². The molecule has 5 heteroatoms. The molecule has 2 aliphatic rings. The fourth-order valence-electron chi connectivity index (χ4n) is 3.67. The van der Waals surface area contributed by atoms with Gasteiger partial charge in [0.05, 0.1) is 26.7 Å². The molecule has 4 rings (SSSR count). The van der Waals surface area contributed by atoms with E-state index in [2.05, 4.69) is 11.4 Å². The molecule has 2 aliphatic heterocycles. The molecule has 1 N–H and O–H groups in total. The predicted molar refractivity (Wildman–Crippen MR) is 98.3 cm³/mol. The monoisotopic (exact) mass is 353 g/mol. The van der Waals surface area contributed by atoms with Crippen molar-refractivity contribution in [2.75, 3.05) is 26.9 Å². The Morgan fingerprint density at radius 3 is 2.96 bits per heavy atom. The van der Waals surface area contributed by atoms with Crippen LogP contribution in [0.3, 0.4) is 0 Å². The Bertz CT molecular complexity index is 799. The van der Waals surface area contributed by atoms with Gasteiger partial charge in [0.15, 0.2) is 0 Å². The fourth-order valence-corrected chi connectivity index (χ4v) is 3.67. The van der Waals surface area contributed by atoms with Crippen molar-refractivity contribution in [3.8, 4) is 17.2 Å². The van der Waals surface area contributed by atoms with E-state index in [1.54, 1.807) is 7.11 Å². The van der Waals surface area contributed by atoms with Gasteiger partial charge < -0.3 is 19.5 Å². The van der Waals surface area contributed by atoms with Crippen LogP contribution in [0.2, 0.25) is 0 Å². The number of methoxy groups -OCH3 is 1. The second-order valence-electron chi connectivity index (χ2n) is 6.65. The molecule has 26 heavy (non-hydrogen) atoms. The fraction of sp³-hybridized carbons (Fsp3) is 0.381. The van der Waals surface area contributed by atoms with Gasteiger partial charge in [0.1, 0.15) is 17.2 Å². The van der Waals surface area contributed by atoms with Crippen LogP contribution in [0, 0.1) is 0 Å². The average molecular weight is 353 g/mol. The minimum atomic E-state index is 0.0193. The van der Waals surface area contributed by atoms with Crippen molar-refractivity contribution in [2.45, 2.75) is 25.7 Å². The molecule has 2 heterocycles. The van der Waals surface area contributed by atoms with Crippen LogP contribution in [-0.2, 0) is 30.5 Å². The molecular weight excluding hydrogens is 330 g/mol. The number of nitrogens with one attached hydrogen (secondary N) is 1. The van der Waals surface area contributed by atoms with E-state index in [4.69, 9.17) is 14.2 Å². The van der Waals surface area contributed by atoms with Gasteiger partial charge in [0, 0.05) is 36.1 Å². The molecule has 0 aromatic heterocycles. The zero-order chi connectivity index (χ0) is 17.9. The van der Waals surface area contributed by atoms with Gasteiger partial charge in [0.25, 0.3) is 0 Å². The Hall–Kier alpha value is -2.69. The molecule has 0 bridgehead atoms. The van der Waals surface area contributed by atoms with Crippen LogP contribution < -0.4 is 19.5 Å². The number of amides is 1. The summed E-state index contributed by atoms with van der Waals surface area (Å²) in [6.07, 6.45) is 2.84. The van der Waals surface area contributed by atoms with Crippen LogP contribution in [0.15, 0.2) is 30.3 Å². The van der Waals surface area contributed by atoms with Gasteiger partial charge in [-0.2, -0.15) is 0 Å². The van der Waals surface area contributed by atoms with E-state index in [1.165, 1.54) is 0 Å². The molecule has 2 aromatic carbocycles. The topological polar surface area (TPSA) is 56.8 Å². The molecule has 136 valence electrons. The zero-order valence-corrected chi connectivity index (χ0v) is 15.0. The number of carbonyl (C=O) groups is 1. The molecule has 5 nitrogen and oxygen atoms in total. The first-order chi connectivity index (χ1) is 12.7. The van der Waals surface area contributed by atoms with Gasteiger partial charge in [-0.05, 0) is 30.2 Å². The highest BCUT2D eigenvalue weighted by molar-refractivity contribution is 5.80. The van der Waals surface area contributed by atoms with E-state index < -0.39 is 0 Å². The van der Waals surface area contributed by atoms with Gasteiger partial charge in [-0.15, -0.1) is 0 Å². The highest BCUT2D eigenvalue weighted by Crippen LogP contribution is 2.40. The maximum Gasteiger partial charge on any atom is 0.224 e. The molecule has 1 amide bonds. The summed E-state index contributed by atoms with van der Waals surface area (Å²) in [5, 5.41) is 3.02. The maximum atomic E-state index is 12.5. The zero-order valence-electron chi connectivity index (χ0n) is 15.0. The van der Waals surface area contributed by atoms with E-state index in [0.717, 1.165) is 58.8 Å². The van der Waals surface area contributed by atoms with Gasteiger partial charge >= 0.3 is 0 Å². The molecule has 0 radical (unpaired) electrons. The van der Waals surface area contributed by atoms with E-state index in [0.29, 0.717) is 26.2 Å². The first-order valence-electron chi connectivity index (χ1n) is 9.07. The lowest BCUT2D eigenvalue weighted by atomic mass is 9.97. The Kier molecular flexibility index (Phi) is 4.69. The van der Waals surface area contributed by atoms with E-state index in [9.17, 15) is 4.79 Å². The second-order valence-corrected chi connectivity index (χ2v) is 6.65. The molecule has 0 aliphatic carbocycles. The third-order valence-corrected chi connectivity index (χ3v) is 4.97. The van der Waals surface area contributed by atoms with Crippen molar-refractivity contribution in [3.05, 3.63) is 52.6 Å². The maximum absolute atomic E-state index is 12.5. The third-order valence-electron chi connectivity index (χ3n) is 4.97. The Morgan fingerprint density at radius 1 is 1.19 bits per heavy atom. The molecular formula is C21H23NO4. The lowest BCUT2D eigenvalue weighted by Crippen LogP contribution is -2.27. The van der Waals surface area contributed by atoms with Crippen molar-refractivity contribution in [3.63, 3.8) is 0 Å². The van der Waals surface area contributed by atoms with Crippen LogP contribution >= 0.6 is 0 Å². The smallest absolute Gasteiger partial charge is 0.224 e. The van der Waals surface area contributed by atoms with Crippen LogP contribution in [0.1, 0.15) is 22.3 Å². The highest BCUT2D eigenvalue weighted by Gasteiger charge is 2.27. The van der Waals surface area contributed by atoms with Crippen molar-refractivity contribution in [1.82, 2.24) is 5.32 Å². The summed E-state index contributed by atoms with van der Waals surface area (Å²) in [6, 6.07) is 9.99. The molecule has 0 saturated carbocycles. The minimum absolute atomic E-state index is 0.0193. The Balaban J connectivity index is 1.40. The third kappa shape index (κ3) is 3.34. The van der Waals surface area contributed by atoms with Crippen LogP contribution in [0.4, 0.5) is 0 Å². The summed E-state index contributed by atoms with van der Waals surface area (Å²) < 4.78 is 16.7. The normalized spacial score (nSPS) is 14.2. The summed E-state index contributed by atoms with van der Waals surface area (Å²) in [5.41, 5.74) is 4.44. The van der Waals surface area contributed by atoms with Gasteiger partial charge in [0.2, 0.25) is 5.91 Å². The highest BCUT2D eigenvalue weighted by atomic mass is 16.5. The quantitative estimate of drug-likeness (QED) is 0.867. The molecule has 0 unspecified atom stereocenters. The molecule has 0 atom stereocenters. The van der Waals surface area contributed by atoms with Gasteiger partial charge in [-0.25, -0.2) is 0 Å². The number of carbonyl (C=O) groups excluding carboxylic acids is 1. The number of hydrogen-bond acceptors (Lipinski definition) is 4. The molecule has 0 saturated heterocycles. The van der Waals surface area contributed by atoms with Crippen LogP contribution in [-0.4, -0.2) is 32.8 Å². The van der Waals surface area contributed by atoms with Gasteiger partial charge in [-0.1, -0.05) is 12.1 Å². The summed E-state index contributed by atoms with van der Waals surface area (Å²) >= 11 is 0. The van der Waals surface area contributed by atoms with Crippen molar-refractivity contribution >= 4 is 5.91 Å². The van der Waals surface area contributed by atoms with Gasteiger partial charge in [-0.3, -0.25) is 4.79 Å². The molecule has 0 spiro atoms.